The third-order valence-electron chi connectivity index (χ3n) is 2.94. The van der Waals surface area contributed by atoms with Crippen molar-refractivity contribution in [2.24, 2.45) is 0 Å². The van der Waals surface area contributed by atoms with Crippen molar-refractivity contribution >= 4 is 40.9 Å². The number of carbonyl (C=O) groups is 1. The fraction of sp³-hybridized carbons (Fsp3) is 0.462. The summed E-state index contributed by atoms with van der Waals surface area (Å²) in [6.45, 7) is 3.46. The highest BCUT2D eigenvalue weighted by Crippen LogP contribution is 2.29. The molecule has 19 heavy (non-hydrogen) atoms. The second kappa shape index (κ2) is 7.39. The van der Waals surface area contributed by atoms with Gasteiger partial charge in [0.1, 0.15) is 0 Å². The number of nitrogens with zero attached hydrogens (tertiary/aromatic N) is 1. The highest BCUT2D eigenvalue weighted by atomic mass is 35.5. The molecule has 0 aliphatic carbocycles. The third-order valence-corrected chi connectivity index (χ3v) is 4.65. The number of halogens is 2. The molecule has 1 aliphatic rings. The summed E-state index contributed by atoms with van der Waals surface area (Å²) in [5, 5.41) is 4.56. The molecule has 0 atom stereocenters. The molecule has 3 nitrogen and oxygen atoms in total. The van der Waals surface area contributed by atoms with Crippen LogP contribution < -0.4 is 5.32 Å². The molecule has 0 unspecified atom stereocenters. The number of thioether (sulfide) groups is 1. The number of nitrogens with one attached hydrogen (secondary N) is 1. The molecule has 1 saturated heterocycles. The summed E-state index contributed by atoms with van der Waals surface area (Å²) < 4.78 is 0. The van der Waals surface area contributed by atoms with E-state index >= 15 is 0 Å². The molecule has 1 heterocycles. The SMILES string of the molecule is O=C(CSc1cc(Cl)ccc1Cl)N1CCCNCC1. The predicted octanol–water partition coefficient (Wildman–Crippen LogP) is 2.91. The Balaban J connectivity index is 1.90. The minimum atomic E-state index is 0.157. The smallest absolute Gasteiger partial charge is 0.232 e. The molecule has 1 N–H and O–H groups in total. The highest BCUT2D eigenvalue weighted by Gasteiger charge is 2.15. The molecule has 1 amide bonds. The minimum absolute atomic E-state index is 0.157. The molecule has 0 radical (unpaired) electrons. The van der Waals surface area contributed by atoms with Gasteiger partial charge in [0.05, 0.1) is 10.8 Å². The summed E-state index contributed by atoms with van der Waals surface area (Å²) >= 11 is 13.4. The summed E-state index contributed by atoms with van der Waals surface area (Å²) in [6, 6.07) is 5.30. The van der Waals surface area contributed by atoms with Gasteiger partial charge in [0, 0.05) is 29.6 Å². The van der Waals surface area contributed by atoms with Crippen molar-refractivity contribution in [1.82, 2.24) is 10.2 Å². The van der Waals surface area contributed by atoms with Crippen molar-refractivity contribution in [2.45, 2.75) is 11.3 Å². The first-order valence-corrected chi connectivity index (χ1v) is 7.97. The molecule has 6 heteroatoms. The van der Waals surface area contributed by atoms with Crippen molar-refractivity contribution in [2.75, 3.05) is 31.9 Å². The number of carbonyl (C=O) groups excluding carboxylic acids is 1. The summed E-state index contributed by atoms with van der Waals surface area (Å²) in [6.07, 6.45) is 1.01. The van der Waals surface area contributed by atoms with E-state index in [-0.39, 0.29) is 5.91 Å². The van der Waals surface area contributed by atoms with Gasteiger partial charge >= 0.3 is 0 Å². The van der Waals surface area contributed by atoms with Gasteiger partial charge in [-0.15, -0.1) is 11.8 Å². The van der Waals surface area contributed by atoms with Crippen LogP contribution in [0, 0.1) is 0 Å². The van der Waals surface area contributed by atoms with Crippen LogP contribution in [0.3, 0.4) is 0 Å². The molecule has 2 rings (SSSR count). The van der Waals surface area contributed by atoms with E-state index in [1.807, 2.05) is 4.90 Å². The molecule has 0 bridgehead atoms. The second-order valence-electron chi connectivity index (χ2n) is 4.35. The molecule has 0 saturated carbocycles. The van der Waals surface area contributed by atoms with Gasteiger partial charge in [-0.2, -0.15) is 0 Å². The third kappa shape index (κ3) is 4.56. The van der Waals surface area contributed by atoms with E-state index < -0.39 is 0 Å². The molecule has 0 aromatic heterocycles. The molecule has 1 aromatic rings. The van der Waals surface area contributed by atoms with E-state index in [2.05, 4.69) is 5.32 Å². The van der Waals surface area contributed by atoms with Gasteiger partial charge < -0.3 is 10.2 Å². The first kappa shape index (κ1) is 15.0. The Hall–Kier alpha value is -0.420. The quantitative estimate of drug-likeness (QED) is 0.870. The molecule has 1 aromatic carbocycles. The van der Waals surface area contributed by atoms with E-state index in [1.54, 1.807) is 18.2 Å². The number of hydrogen-bond acceptors (Lipinski definition) is 3. The Labute approximate surface area is 127 Å². The fourth-order valence-electron chi connectivity index (χ4n) is 1.91. The largest absolute Gasteiger partial charge is 0.341 e. The van der Waals surface area contributed by atoms with Crippen LogP contribution >= 0.6 is 35.0 Å². The number of benzene rings is 1. The fourth-order valence-corrected chi connectivity index (χ4v) is 3.31. The van der Waals surface area contributed by atoms with Crippen molar-refractivity contribution in [3.05, 3.63) is 28.2 Å². The Morgan fingerprint density at radius 3 is 3.00 bits per heavy atom. The Morgan fingerprint density at radius 2 is 2.16 bits per heavy atom. The van der Waals surface area contributed by atoms with Gasteiger partial charge in [0.25, 0.3) is 0 Å². The average molecular weight is 319 g/mol. The van der Waals surface area contributed by atoms with Crippen LogP contribution in [-0.4, -0.2) is 42.7 Å². The first-order valence-electron chi connectivity index (χ1n) is 6.23. The van der Waals surface area contributed by atoms with Gasteiger partial charge in [-0.25, -0.2) is 0 Å². The van der Waals surface area contributed by atoms with E-state index in [4.69, 9.17) is 23.2 Å². The van der Waals surface area contributed by atoms with Crippen molar-refractivity contribution in [3.63, 3.8) is 0 Å². The molecular formula is C13H16Cl2N2OS. The number of rotatable bonds is 3. The van der Waals surface area contributed by atoms with Crippen LogP contribution in [0.15, 0.2) is 23.1 Å². The minimum Gasteiger partial charge on any atom is -0.341 e. The van der Waals surface area contributed by atoms with Gasteiger partial charge in [0.15, 0.2) is 0 Å². The van der Waals surface area contributed by atoms with Crippen molar-refractivity contribution in [1.29, 1.82) is 0 Å². The zero-order chi connectivity index (χ0) is 13.7. The predicted molar refractivity (Wildman–Crippen MR) is 81.3 cm³/mol. The Kier molecular flexibility index (Phi) is 5.82. The van der Waals surface area contributed by atoms with Crippen molar-refractivity contribution in [3.8, 4) is 0 Å². The molecular weight excluding hydrogens is 303 g/mol. The number of hydrogen-bond donors (Lipinski definition) is 1. The van der Waals surface area contributed by atoms with Gasteiger partial charge in [-0.1, -0.05) is 23.2 Å². The second-order valence-corrected chi connectivity index (χ2v) is 6.21. The molecule has 1 aliphatic heterocycles. The van der Waals surface area contributed by atoms with E-state index in [9.17, 15) is 4.79 Å². The van der Waals surface area contributed by atoms with Crippen LogP contribution in [-0.2, 0) is 4.79 Å². The van der Waals surface area contributed by atoms with Crippen LogP contribution in [0.25, 0.3) is 0 Å². The Bertz CT molecular complexity index is 448. The maximum atomic E-state index is 12.1. The maximum absolute atomic E-state index is 12.1. The standard InChI is InChI=1S/C13H16Cl2N2OS/c14-10-2-3-11(15)12(8-10)19-9-13(18)17-6-1-4-16-5-7-17/h2-3,8,16H,1,4-7,9H2. The zero-order valence-corrected chi connectivity index (χ0v) is 12.8. The summed E-state index contributed by atoms with van der Waals surface area (Å²) in [5.74, 6) is 0.560. The van der Waals surface area contributed by atoms with Crippen LogP contribution in [0.5, 0.6) is 0 Å². The monoisotopic (exact) mass is 318 g/mol. The average Bonchev–Trinajstić information content (AvgIpc) is 2.68. The Morgan fingerprint density at radius 1 is 1.32 bits per heavy atom. The maximum Gasteiger partial charge on any atom is 0.232 e. The molecule has 0 spiro atoms. The lowest BCUT2D eigenvalue weighted by Crippen LogP contribution is -2.35. The van der Waals surface area contributed by atoms with Gasteiger partial charge in [0.2, 0.25) is 5.91 Å². The molecule has 104 valence electrons. The van der Waals surface area contributed by atoms with Crippen LogP contribution in [0.2, 0.25) is 10.0 Å². The highest BCUT2D eigenvalue weighted by molar-refractivity contribution is 8.00. The van der Waals surface area contributed by atoms with E-state index in [1.165, 1.54) is 11.8 Å². The normalized spacial score (nSPS) is 16.2. The van der Waals surface area contributed by atoms with Gasteiger partial charge in [-0.3, -0.25) is 4.79 Å². The topological polar surface area (TPSA) is 32.3 Å². The van der Waals surface area contributed by atoms with Crippen LogP contribution in [0.1, 0.15) is 6.42 Å². The number of amides is 1. The molecule has 1 fully saturated rings. The zero-order valence-electron chi connectivity index (χ0n) is 10.5. The first-order chi connectivity index (χ1) is 9.16. The lowest BCUT2D eigenvalue weighted by Gasteiger charge is -2.19. The lowest BCUT2D eigenvalue weighted by molar-refractivity contribution is -0.128. The summed E-state index contributed by atoms with van der Waals surface area (Å²) in [4.78, 5) is 14.9. The lowest BCUT2D eigenvalue weighted by atomic mass is 10.4. The van der Waals surface area contributed by atoms with E-state index in [0.717, 1.165) is 37.5 Å². The summed E-state index contributed by atoms with van der Waals surface area (Å²) in [7, 11) is 0. The van der Waals surface area contributed by atoms with Gasteiger partial charge in [-0.05, 0) is 31.2 Å². The van der Waals surface area contributed by atoms with Crippen molar-refractivity contribution < 1.29 is 4.79 Å². The summed E-state index contributed by atoms with van der Waals surface area (Å²) in [5.41, 5.74) is 0. The van der Waals surface area contributed by atoms with Crippen LogP contribution in [0.4, 0.5) is 0 Å². The van der Waals surface area contributed by atoms with E-state index in [0.29, 0.717) is 15.8 Å².